The molecule has 1 saturated heterocycles. The molecule has 3 aromatic rings. The molecule has 2 aromatic carbocycles. The van der Waals surface area contributed by atoms with Crippen molar-refractivity contribution in [2.45, 2.75) is 11.3 Å². The summed E-state index contributed by atoms with van der Waals surface area (Å²) in [5, 5.41) is 10.7. The van der Waals surface area contributed by atoms with Gasteiger partial charge in [-0.15, -0.1) is 5.10 Å². The highest BCUT2D eigenvalue weighted by molar-refractivity contribution is 7.89. The number of hydrogen-bond donors (Lipinski definition) is 0. The van der Waals surface area contributed by atoms with Crippen molar-refractivity contribution in [1.29, 1.82) is 0 Å². The lowest BCUT2D eigenvalue weighted by Gasteiger charge is -2.34. The molecular weight excluding hydrogens is 447 g/mol. The fraction of sp³-hybridized carbons (Fsp3) is 0.263. The Hall–Kier alpha value is -2.89. The lowest BCUT2D eigenvalue weighted by Crippen LogP contribution is -2.50. The number of amides is 1. The first-order chi connectivity index (χ1) is 14.8. The third kappa shape index (κ3) is 4.58. The molecule has 2 heterocycles. The summed E-state index contributed by atoms with van der Waals surface area (Å²) in [6.45, 7) is 0.855. The van der Waals surface area contributed by atoms with Crippen LogP contribution in [0, 0.1) is 5.82 Å². The molecule has 0 saturated carbocycles. The van der Waals surface area contributed by atoms with Gasteiger partial charge in [0.15, 0.2) is 0 Å². The Morgan fingerprint density at radius 3 is 2.39 bits per heavy atom. The van der Waals surface area contributed by atoms with Crippen LogP contribution in [0.3, 0.4) is 0 Å². The molecule has 0 radical (unpaired) electrons. The fourth-order valence-electron chi connectivity index (χ4n) is 3.30. The highest BCUT2D eigenvalue weighted by Gasteiger charge is 2.30. The van der Waals surface area contributed by atoms with E-state index in [9.17, 15) is 17.6 Å². The zero-order valence-corrected chi connectivity index (χ0v) is 17.8. The van der Waals surface area contributed by atoms with Gasteiger partial charge in [-0.3, -0.25) is 4.79 Å². The predicted octanol–water partition coefficient (Wildman–Crippen LogP) is 1.53. The van der Waals surface area contributed by atoms with Crippen molar-refractivity contribution >= 4 is 27.5 Å². The number of tetrazole rings is 1. The summed E-state index contributed by atoms with van der Waals surface area (Å²) >= 11 is 5.72. The summed E-state index contributed by atoms with van der Waals surface area (Å²) in [5.74, 6) is -0.765. The number of rotatable bonds is 5. The molecule has 31 heavy (non-hydrogen) atoms. The molecule has 162 valence electrons. The zero-order valence-electron chi connectivity index (χ0n) is 16.2. The lowest BCUT2D eigenvalue weighted by atomic mass is 10.1. The van der Waals surface area contributed by atoms with Gasteiger partial charge in [-0.1, -0.05) is 23.7 Å². The Labute approximate surface area is 183 Å². The second-order valence-electron chi connectivity index (χ2n) is 6.96. The number of sulfonamides is 1. The van der Waals surface area contributed by atoms with Crippen LogP contribution >= 0.6 is 11.6 Å². The van der Waals surface area contributed by atoms with Gasteiger partial charge in [0.1, 0.15) is 12.1 Å². The first kappa shape index (κ1) is 21.3. The summed E-state index contributed by atoms with van der Waals surface area (Å²) in [6.07, 6.45) is 1.68. The molecule has 0 aliphatic carbocycles. The van der Waals surface area contributed by atoms with Crippen molar-refractivity contribution in [3.05, 3.63) is 65.2 Å². The van der Waals surface area contributed by atoms with Crippen molar-refractivity contribution in [3.63, 3.8) is 0 Å². The normalized spacial score (nSPS) is 15.2. The van der Waals surface area contributed by atoms with Crippen molar-refractivity contribution in [2.75, 3.05) is 26.2 Å². The predicted molar refractivity (Wildman–Crippen MR) is 110 cm³/mol. The number of carbonyl (C=O) groups is 1. The zero-order chi connectivity index (χ0) is 22.0. The van der Waals surface area contributed by atoms with E-state index in [1.165, 1.54) is 21.4 Å². The fourth-order valence-corrected chi connectivity index (χ4v) is 4.99. The molecule has 0 N–H and O–H groups in total. The van der Waals surface area contributed by atoms with E-state index in [0.29, 0.717) is 0 Å². The second kappa shape index (κ2) is 8.69. The van der Waals surface area contributed by atoms with Crippen LogP contribution in [0.15, 0.2) is 53.7 Å². The van der Waals surface area contributed by atoms with E-state index in [4.69, 9.17) is 11.6 Å². The van der Waals surface area contributed by atoms with Crippen LogP contribution in [-0.2, 0) is 21.2 Å². The molecule has 1 amide bonds. The molecule has 9 nitrogen and oxygen atoms in total. The molecular formula is C19H18ClFN6O3S. The van der Waals surface area contributed by atoms with Gasteiger partial charge in [0, 0.05) is 26.2 Å². The SMILES string of the molecule is O=C(Cc1ccc(-n2cnnn2)cc1)N1CCN(S(=O)(=O)c2ccc(F)c(Cl)c2)CC1. The Bertz CT molecular complexity index is 1180. The van der Waals surface area contributed by atoms with E-state index in [1.54, 1.807) is 4.90 Å². The highest BCUT2D eigenvalue weighted by Crippen LogP contribution is 2.23. The first-order valence-electron chi connectivity index (χ1n) is 9.40. The summed E-state index contributed by atoms with van der Waals surface area (Å²) in [5.41, 5.74) is 1.61. The van der Waals surface area contributed by atoms with Crippen LogP contribution in [0.1, 0.15) is 5.56 Å². The summed E-state index contributed by atoms with van der Waals surface area (Å²) < 4.78 is 41.7. The molecule has 12 heteroatoms. The standard InChI is InChI=1S/C19H18ClFN6O3S/c20-17-12-16(5-6-18(17)21)31(29,30)26-9-7-25(8-10-26)19(28)11-14-1-3-15(4-2-14)27-13-22-23-24-27/h1-6,12-13H,7-11H2. The Morgan fingerprint density at radius 2 is 1.77 bits per heavy atom. The van der Waals surface area contributed by atoms with E-state index in [0.717, 1.165) is 23.4 Å². The van der Waals surface area contributed by atoms with Crippen molar-refractivity contribution in [1.82, 2.24) is 29.4 Å². The van der Waals surface area contributed by atoms with Gasteiger partial charge in [-0.2, -0.15) is 4.31 Å². The van der Waals surface area contributed by atoms with E-state index in [1.807, 2.05) is 24.3 Å². The van der Waals surface area contributed by atoms with Gasteiger partial charge in [-0.25, -0.2) is 17.5 Å². The number of carbonyl (C=O) groups excluding carboxylic acids is 1. The first-order valence-corrected chi connectivity index (χ1v) is 11.2. The summed E-state index contributed by atoms with van der Waals surface area (Å²) in [7, 11) is -3.81. The molecule has 1 aromatic heterocycles. The van der Waals surface area contributed by atoms with Crippen LogP contribution in [-0.4, -0.2) is 69.9 Å². The van der Waals surface area contributed by atoms with Gasteiger partial charge in [0.25, 0.3) is 0 Å². The molecule has 1 aliphatic rings. The molecule has 0 spiro atoms. The number of aromatic nitrogens is 4. The third-order valence-corrected chi connectivity index (χ3v) is 7.21. The van der Waals surface area contributed by atoms with E-state index >= 15 is 0 Å². The second-order valence-corrected chi connectivity index (χ2v) is 9.30. The largest absolute Gasteiger partial charge is 0.340 e. The quantitative estimate of drug-likeness (QED) is 0.567. The van der Waals surface area contributed by atoms with Crippen LogP contribution < -0.4 is 0 Å². The van der Waals surface area contributed by atoms with Crippen LogP contribution in [0.2, 0.25) is 5.02 Å². The number of nitrogens with zero attached hydrogens (tertiary/aromatic N) is 6. The van der Waals surface area contributed by atoms with E-state index < -0.39 is 15.8 Å². The molecule has 1 fully saturated rings. The number of hydrogen-bond acceptors (Lipinski definition) is 6. The molecule has 4 rings (SSSR count). The maximum Gasteiger partial charge on any atom is 0.243 e. The van der Waals surface area contributed by atoms with Gasteiger partial charge in [0.2, 0.25) is 15.9 Å². The minimum absolute atomic E-state index is 0.0682. The maximum atomic E-state index is 13.3. The molecule has 0 unspecified atom stereocenters. The van der Waals surface area contributed by atoms with Crippen molar-refractivity contribution in [3.8, 4) is 5.69 Å². The van der Waals surface area contributed by atoms with E-state index in [-0.39, 0.29) is 48.4 Å². The minimum Gasteiger partial charge on any atom is -0.340 e. The number of benzene rings is 2. The number of halogens is 2. The number of piperazine rings is 1. The lowest BCUT2D eigenvalue weighted by molar-refractivity contribution is -0.131. The third-order valence-electron chi connectivity index (χ3n) is 5.03. The van der Waals surface area contributed by atoms with E-state index in [2.05, 4.69) is 15.5 Å². The van der Waals surface area contributed by atoms with Crippen LogP contribution in [0.4, 0.5) is 4.39 Å². The molecule has 0 bridgehead atoms. The van der Waals surface area contributed by atoms with Crippen LogP contribution in [0.25, 0.3) is 5.69 Å². The average molecular weight is 465 g/mol. The van der Waals surface area contributed by atoms with Gasteiger partial charge < -0.3 is 4.90 Å². The Kier molecular flexibility index (Phi) is 5.99. The monoisotopic (exact) mass is 464 g/mol. The average Bonchev–Trinajstić information content (AvgIpc) is 3.31. The smallest absolute Gasteiger partial charge is 0.243 e. The maximum absolute atomic E-state index is 13.3. The van der Waals surface area contributed by atoms with Gasteiger partial charge in [0.05, 0.1) is 22.0 Å². The summed E-state index contributed by atoms with van der Waals surface area (Å²) in [4.78, 5) is 14.2. The van der Waals surface area contributed by atoms with Crippen molar-refractivity contribution < 1.29 is 17.6 Å². The van der Waals surface area contributed by atoms with Crippen molar-refractivity contribution in [2.24, 2.45) is 0 Å². The highest BCUT2D eigenvalue weighted by atomic mass is 35.5. The Morgan fingerprint density at radius 1 is 1.06 bits per heavy atom. The molecule has 1 aliphatic heterocycles. The minimum atomic E-state index is -3.81. The Balaban J connectivity index is 1.36. The topological polar surface area (TPSA) is 101 Å². The van der Waals surface area contributed by atoms with Gasteiger partial charge >= 0.3 is 0 Å². The molecule has 0 atom stereocenters. The van der Waals surface area contributed by atoms with Gasteiger partial charge in [-0.05, 0) is 46.3 Å². The van der Waals surface area contributed by atoms with Crippen LogP contribution in [0.5, 0.6) is 0 Å². The summed E-state index contributed by atoms with van der Waals surface area (Å²) in [6, 6.07) is 10.6.